The number of nitrogens with zero attached hydrogens (tertiary/aromatic N) is 3. The summed E-state index contributed by atoms with van der Waals surface area (Å²) in [5.41, 5.74) is 3.55. The molecule has 166 valence electrons. The predicted molar refractivity (Wildman–Crippen MR) is 113 cm³/mol. The third-order valence-corrected chi connectivity index (χ3v) is 5.81. The SMILES string of the molecule is CN1C[C@@H](c2cccc(-c3ccnnc3)c2)c2cc(Cl)cc(Cl)c2C1OC(=O)C(F)(F)F. The molecule has 0 spiro atoms. The van der Waals surface area contributed by atoms with E-state index < -0.39 is 18.4 Å². The Morgan fingerprint density at radius 2 is 1.91 bits per heavy atom. The molecular formula is C22H16Cl2F3N3O2. The first-order chi connectivity index (χ1) is 15.1. The van der Waals surface area contributed by atoms with E-state index in [9.17, 15) is 18.0 Å². The summed E-state index contributed by atoms with van der Waals surface area (Å²) in [6.45, 7) is 0.275. The van der Waals surface area contributed by atoms with Gasteiger partial charge in [-0.25, -0.2) is 4.79 Å². The molecule has 32 heavy (non-hydrogen) atoms. The second kappa shape index (κ2) is 8.69. The van der Waals surface area contributed by atoms with Gasteiger partial charge in [-0.3, -0.25) is 4.90 Å². The summed E-state index contributed by atoms with van der Waals surface area (Å²) in [6, 6.07) is 12.6. The lowest BCUT2D eigenvalue weighted by Crippen LogP contribution is -2.40. The van der Waals surface area contributed by atoms with Gasteiger partial charge in [-0.1, -0.05) is 47.5 Å². The molecule has 1 aromatic heterocycles. The molecule has 0 fully saturated rings. The quantitative estimate of drug-likeness (QED) is 0.453. The zero-order chi connectivity index (χ0) is 23.0. The zero-order valence-electron chi connectivity index (χ0n) is 16.6. The molecule has 3 aromatic rings. The van der Waals surface area contributed by atoms with Crippen LogP contribution in [0, 0.1) is 0 Å². The van der Waals surface area contributed by atoms with Crippen molar-refractivity contribution < 1.29 is 22.7 Å². The van der Waals surface area contributed by atoms with Crippen LogP contribution in [0.15, 0.2) is 54.9 Å². The lowest BCUT2D eigenvalue weighted by Gasteiger charge is -2.39. The molecule has 1 aliphatic heterocycles. The Morgan fingerprint density at radius 1 is 1.12 bits per heavy atom. The molecule has 2 atom stereocenters. The Bertz CT molecular complexity index is 1160. The fraction of sp³-hybridized carbons (Fsp3) is 0.227. The first-order valence-electron chi connectivity index (χ1n) is 9.49. The van der Waals surface area contributed by atoms with Crippen LogP contribution in [-0.4, -0.2) is 40.8 Å². The highest BCUT2D eigenvalue weighted by Gasteiger charge is 2.45. The summed E-state index contributed by atoms with van der Waals surface area (Å²) < 4.78 is 43.4. The maximum Gasteiger partial charge on any atom is 0.490 e. The average Bonchev–Trinajstić information content (AvgIpc) is 2.75. The summed E-state index contributed by atoms with van der Waals surface area (Å²) in [6.07, 6.45) is -3.19. The van der Waals surface area contributed by atoms with Gasteiger partial charge >= 0.3 is 12.1 Å². The smallest absolute Gasteiger partial charge is 0.435 e. The van der Waals surface area contributed by atoms with Gasteiger partial charge in [0.15, 0.2) is 6.23 Å². The minimum absolute atomic E-state index is 0.124. The third-order valence-electron chi connectivity index (χ3n) is 5.28. The van der Waals surface area contributed by atoms with E-state index in [1.807, 2.05) is 30.3 Å². The van der Waals surface area contributed by atoms with Crippen molar-refractivity contribution >= 4 is 29.2 Å². The monoisotopic (exact) mass is 481 g/mol. The number of carbonyl (C=O) groups is 1. The number of benzene rings is 2. The first kappa shape index (κ1) is 22.5. The molecular weight excluding hydrogens is 466 g/mol. The van der Waals surface area contributed by atoms with Crippen molar-refractivity contribution in [3.63, 3.8) is 0 Å². The molecule has 2 heterocycles. The molecule has 10 heteroatoms. The second-order valence-corrected chi connectivity index (χ2v) is 8.24. The number of ether oxygens (including phenoxy) is 1. The van der Waals surface area contributed by atoms with Crippen molar-refractivity contribution in [2.45, 2.75) is 18.3 Å². The number of carbonyl (C=O) groups excluding carboxylic acids is 1. The van der Waals surface area contributed by atoms with Gasteiger partial charge in [0.25, 0.3) is 0 Å². The molecule has 0 bridgehead atoms. The Kier molecular flexibility index (Phi) is 6.11. The van der Waals surface area contributed by atoms with Crippen LogP contribution in [0.5, 0.6) is 0 Å². The van der Waals surface area contributed by atoms with Crippen molar-refractivity contribution in [2.24, 2.45) is 0 Å². The molecule has 0 radical (unpaired) electrons. The van der Waals surface area contributed by atoms with E-state index in [2.05, 4.69) is 10.2 Å². The Hall–Kier alpha value is -2.68. The van der Waals surface area contributed by atoms with Crippen LogP contribution in [0.2, 0.25) is 10.0 Å². The van der Waals surface area contributed by atoms with E-state index in [0.29, 0.717) is 10.6 Å². The van der Waals surface area contributed by atoms with Gasteiger partial charge in [0.1, 0.15) is 0 Å². The van der Waals surface area contributed by atoms with Crippen LogP contribution in [0.4, 0.5) is 13.2 Å². The Morgan fingerprint density at radius 3 is 2.59 bits per heavy atom. The van der Waals surface area contributed by atoms with Crippen molar-refractivity contribution in [3.8, 4) is 11.1 Å². The van der Waals surface area contributed by atoms with Crippen molar-refractivity contribution in [1.29, 1.82) is 0 Å². The molecule has 2 aromatic carbocycles. The highest BCUT2D eigenvalue weighted by molar-refractivity contribution is 6.35. The van der Waals surface area contributed by atoms with E-state index in [-0.39, 0.29) is 23.0 Å². The van der Waals surface area contributed by atoms with E-state index in [1.54, 1.807) is 25.5 Å². The topological polar surface area (TPSA) is 55.3 Å². The fourth-order valence-electron chi connectivity index (χ4n) is 3.85. The summed E-state index contributed by atoms with van der Waals surface area (Å²) in [5.74, 6) is -2.56. The van der Waals surface area contributed by atoms with Crippen LogP contribution in [0.1, 0.15) is 28.8 Å². The van der Waals surface area contributed by atoms with Crippen LogP contribution in [-0.2, 0) is 9.53 Å². The fourth-order valence-corrected chi connectivity index (χ4v) is 4.46. The van der Waals surface area contributed by atoms with E-state index >= 15 is 0 Å². The lowest BCUT2D eigenvalue weighted by molar-refractivity contribution is -0.213. The lowest BCUT2D eigenvalue weighted by atomic mass is 9.83. The van der Waals surface area contributed by atoms with Crippen molar-refractivity contribution in [1.82, 2.24) is 15.1 Å². The highest BCUT2D eigenvalue weighted by atomic mass is 35.5. The second-order valence-electron chi connectivity index (χ2n) is 7.39. The van der Waals surface area contributed by atoms with Crippen LogP contribution in [0.3, 0.4) is 0 Å². The van der Waals surface area contributed by atoms with Gasteiger partial charge < -0.3 is 4.74 Å². The van der Waals surface area contributed by atoms with E-state index in [0.717, 1.165) is 16.7 Å². The number of hydrogen-bond acceptors (Lipinski definition) is 5. The van der Waals surface area contributed by atoms with E-state index in [4.69, 9.17) is 27.9 Å². The van der Waals surface area contributed by atoms with Gasteiger partial charge in [0.2, 0.25) is 0 Å². The third kappa shape index (κ3) is 4.44. The van der Waals surface area contributed by atoms with Gasteiger partial charge in [0.05, 0.1) is 17.4 Å². The number of halogens is 5. The number of alkyl halides is 3. The Balaban J connectivity index is 1.79. The molecule has 0 aliphatic carbocycles. The molecule has 0 saturated heterocycles. The molecule has 4 rings (SSSR count). The van der Waals surface area contributed by atoms with Crippen LogP contribution >= 0.6 is 23.2 Å². The molecule has 0 amide bonds. The normalized spacial score (nSPS) is 18.8. The minimum Gasteiger partial charge on any atom is -0.435 e. The molecule has 1 unspecified atom stereocenters. The van der Waals surface area contributed by atoms with E-state index in [1.165, 1.54) is 11.0 Å². The molecule has 1 aliphatic rings. The number of likely N-dealkylation sites (N-methyl/N-ethyl adjacent to an activating group) is 1. The zero-order valence-corrected chi connectivity index (χ0v) is 18.1. The molecule has 5 nitrogen and oxygen atoms in total. The van der Waals surface area contributed by atoms with Crippen molar-refractivity contribution in [2.75, 3.05) is 13.6 Å². The van der Waals surface area contributed by atoms with Gasteiger partial charge in [-0.05, 0) is 41.9 Å². The van der Waals surface area contributed by atoms with Gasteiger partial charge in [0, 0.05) is 28.6 Å². The number of aromatic nitrogens is 2. The van der Waals surface area contributed by atoms with Crippen molar-refractivity contribution in [3.05, 3.63) is 81.6 Å². The summed E-state index contributed by atoms with van der Waals surface area (Å²) in [7, 11) is 1.58. The highest BCUT2D eigenvalue weighted by Crippen LogP contribution is 2.45. The summed E-state index contributed by atoms with van der Waals surface area (Å²) in [4.78, 5) is 13.1. The number of rotatable bonds is 3. The average molecular weight is 482 g/mol. The number of esters is 1. The minimum atomic E-state index is -5.12. The summed E-state index contributed by atoms with van der Waals surface area (Å²) >= 11 is 12.6. The van der Waals surface area contributed by atoms with Gasteiger partial charge in [-0.15, -0.1) is 0 Å². The maximum absolute atomic E-state index is 12.9. The number of hydrogen-bond donors (Lipinski definition) is 0. The largest absolute Gasteiger partial charge is 0.490 e. The van der Waals surface area contributed by atoms with Crippen LogP contribution < -0.4 is 0 Å². The first-order valence-corrected chi connectivity index (χ1v) is 10.2. The van der Waals surface area contributed by atoms with Crippen LogP contribution in [0.25, 0.3) is 11.1 Å². The summed E-state index contributed by atoms with van der Waals surface area (Å²) in [5, 5.41) is 8.14. The Labute approximate surface area is 191 Å². The molecule has 0 saturated carbocycles. The predicted octanol–water partition coefficient (Wildman–Crippen LogP) is 5.63. The molecule has 0 N–H and O–H groups in total. The maximum atomic E-state index is 12.9. The standard InChI is InChI=1S/C22H16Cl2F3N3O2/c1-30-11-17(13-4-2-3-12(7-13)14-5-6-28-29-10-14)16-8-15(23)9-18(24)19(16)20(30)32-21(31)22(25,26)27/h2-10,17,20H,11H2,1H3/t17-,20?/m0/s1. The number of fused-ring (bicyclic) bond motifs is 1. The van der Waals surface area contributed by atoms with Gasteiger partial charge in [-0.2, -0.15) is 23.4 Å².